The van der Waals surface area contributed by atoms with Crippen molar-refractivity contribution in [2.24, 2.45) is 5.92 Å². The minimum atomic E-state index is 0.382. The molecule has 0 saturated carbocycles. The predicted molar refractivity (Wildman–Crippen MR) is 59.6 cm³/mol. The van der Waals surface area contributed by atoms with Gasteiger partial charge in [0.05, 0.1) is 6.54 Å². The second-order valence-corrected chi connectivity index (χ2v) is 3.93. The molecule has 1 atom stereocenters. The largest absolute Gasteiger partial charge is 0.407 e. The lowest BCUT2D eigenvalue weighted by Crippen LogP contribution is -2.24. The maximum absolute atomic E-state index is 5.41. The van der Waals surface area contributed by atoms with Crippen molar-refractivity contribution in [3.63, 3.8) is 0 Å². The van der Waals surface area contributed by atoms with E-state index in [9.17, 15) is 0 Å². The van der Waals surface area contributed by atoms with Crippen LogP contribution in [0.4, 0.5) is 6.01 Å². The molecule has 2 N–H and O–H groups in total. The van der Waals surface area contributed by atoms with Crippen LogP contribution >= 0.6 is 0 Å². The third-order valence-electron chi connectivity index (χ3n) is 2.35. The van der Waals surface area contributed by atoms with E-state index >= 15 is 0 Å². The van der Waals surface area contributed by atoms with E-state index in [1.807, 2.05) is 7.05 Å². The lowest BCUT2D eigenvalue weighted by molar-refractivity contribution is 0.457. The second kappa shape index (κ2) is 5.70. The van der Waals surface area contributed by atoms with Crippen LogP contribution in [0.25, 0.3) is 0 Å². The molecule has 0 bridgehead atoms. The van der Waals surface area contributed by atoms with Crippen molar-refractivity contribution in [1.29, 1.82) is 0 Å². The summed E-state index contributed by atoms with van der Waals surface area (Å²) < 4.78 is 5.41. The van der Waals surface area contributed by atoms with Crippen LogP contribution in [0.5, 0.6) is 0 Å². The highest BCUT2D eigenvalue weighted by atomic mass is 16.4. The van der Waals surface area contributed by atoms with Crippen LogP contribution in [0.3, 0.4) is 0 Å². The van der Waals surface area contributed by atoms with Crippen LogP contribution in [0.15, 0.2) is 4.42 Å². The van der Waals surface area contributed by atoms with Crippen LogP contribution in [0, 0.1) is 5.92 Å². The fraction of sp³-hybridized carbons (Fsp3) is 0.800. The van der Waals surface area contributed by atoms with E-state index in [1.165, 1.54) is 0 Å². The minimum absolute atomic E-state index is 0.382. The molecule has 1 aromatic rings. The van der Waals surface area contributed by atoms with Gasteiger partial charge in [-0.25, -0.2) is 0 Å². The number of hydrogen-bond acceptors (Lipinski definition) is 5. The van der Waals surface area contributed by atoms with Crippen molar-refractivity contribution in [2.45, 2.75) is 39.8 Å². The maximum atomic E-state index is 5.41. The molecule has 5 nitrogen and oxygen atoms in total. The van der Waals surface area contributed by atoms with Crippen molar-refractivity contribution >= 4 is 6.01 Å². The van der Waals surface area contributed by atoms with Gasteiger partial charge < -0.3 is 15.1 Å². The van der Waals surface area contributed by atoms with E-state index in [0.29, 0.717) is 30.4 Å². The molecule has 86 valence electrons. The molecule has 0 aliphatic heterocycles. The second-order valence-electron chi connectivity index (χ2n) is 3.93. The summed E-state index contributed by atoms with van der Waals surface area (Å²) in [6.45, 7) is 7.09. The van der Waals surface area contributed by atoms with E-state index in [4.69, 9.17) is 4.42 Å². The zero-order valence-electron chi connectivity index (χ0n) is 9.87. The van der Waals surface area contributed by atoms with Crippen molar-refractivity contribution in [1.82, 2.24) is 15.5 Å². The van der Waals surface area contributed by atoms with Crippen molar-refractivity contribution < 1.29 is 4.42 Å². The Balaban J connectivity index is 2.55. The molecule has 1 unspecified atom stereocenters. The van der Waals surface area contributed by atoms with Gasteiger partial charge in [-0.2, -0.15) is 0 Å². The average Bonchev–Trinajstić information content (AvgIpc) is 2.62. The normalized spacial score (nSPS) is 13.1. The molecule has 15 heavy (non-hydrogen) atoms. The molecule has 0 radical (unpaired) electrons. The van der Waals surface area contributed by atoms with Crippen molar-refractivity contribution in [3.05, 3.63) is 5.89 Å². The Labute approximate surface area is 90.7 Å². The van der Waals surface area contributed by atoms with Crippen molar-refractivity contribution in [3.8, 4) is 0 Å². The fourth-order valence-electron chi connectivity index (χ4n) is 1.43. The average molecular weight is 212 g/mol. The van der Waals surface area contributed by atoms with E-state index in [2.05, 4.69) is 41.6 Å². The minimum Gasteiger partial charge on any atom is -0.407 e. The van der Waals surface area contributed by atoms with Gasteiger partial charge in [0.25, 0.3) is 0 Å². The third kappa shape index (κ3) is 3.51. The van der Waals surface area contributed by atoms with Gasteiger partial charge in [0, 0.05) is 6.04 Å². The maximum Gasteiger partial charge on any atom is 0.315 e. The quantitative estimate of drug-likeness (QED) is 0.750. The van der Waals surface area contributed by atoms with Gasteiger partial charge >= 0.3 is 6.01 Å². The Kier molecular flexibility index (Phi) is 4.55. The number of anilines is 1. The van der Waals surface area contributed by atoms with Crippen LogP contribution in [0.2, 0.25) is 0 Å². The Hall–Kier alpha value is -1.10. The molecular formula is C10H20N4O. The van der Waals surface area contributed by atoms with Crippen LogP contribution in [0.1, 0.15) is 33.1 Å². The van der Waals surface area contributed by atoms with Gasteiger partial charge in [-0.15, -0.1) is 5.10 Å². The van der Waals surface area contributed by atoms with E-state index in [1.54, 1.807) is 0 Å². The lowest BCUT2D eigenvalue weighted by atomic mass is 10.0. The highest BCUT2D eigenvalue weighted by molar-refractivity contribution is 5.19. The zero-order valence-corrected chi connectivity index (χ0v) is 9.87. The van der Waals surface area contributed by atoms with Gasteiger partial charge in [0.2, 0.25) is 5.89 Å². The van der Waals surface area contributed by atoms with Gasteiger partial charge in [0.15, 0.2) is 0 Å². The number of nitrogens with one attached hydrogen (secondary N) is 2. The molecule has 0 aliphatic carbocycles. The van der Waals surface area contributed by atoms with E-state index in [-0.39, 0.29) is 0 Å². The van der Waals surface area contributed by atoms with Gasteiger partial charge in [-0.05, 0) is 19.4 Å². The standard InChI is InChI=1S/C10H20N4O/c1-5-8(7(2)3)12-10-14-13-9(15-10)6-11-4/h7-8,11H,5-6H2,1-4H3,(H,12,14). The summed E-state index contributed by atoms with van der Waals surface area (Å²) in [5.74, 6) is 1.16. The molecule has 5 heteroatoms. The topological polar surface area (TPSA) is 63.0 Å². The van der Waals surface area contributed by atoms with Gasteiger partial charge in [0.1, 0.15) is 0 Å². The number of aromatic nitrogens is 2. The zero-order chi connectivity index (χ0) is 11.3. The number of hydrogen-bond donors (Lipinski definition) is 2. The molecule has 1 heterocycles. The summed E-state index contributed by atoms with van der Waals surface area (Å²) in [4.78, 5) is 0. The lowest BCUT2D eigenvalue weighted by Gasteiger charge is -2.18. The first-order valence-electron chi connectivity index (χ1n) is 5.40. The summed E-state index contributed by atoms with van der Waals surface area (Å²) in [5, 5.41) is 14.1. The molecule has 0 saturated heterocycles. The molecular weight excluding hydrogens is 192 g/mol. The van der Waals surface area contributed by atoms with Gasteiger partial charge in [-0.1, -0.05) is 25.9 Å². The third-order valence-corrected chi connectivity index (χ3v) is 2.35. The Morgan fingerprint density at radius 3 is 2.60 bits per heavy atom. The Bertz CT molecular complexity index is 285. The van der Waals surface area contributed by atoms with E-state index < -0.39 is 0 Å². The van der Waals surface area contributed by atoms with Crippen molar-refractivity contribution in [2.75, 3.05) is 12.4 Å². The smallest absolute Gasteiger partial charge is 0.315 e. The molecule has 0 aromatic carbocycles. The molecule has 0 aliphatic rings. The van der Waals surface area contributed by atoms with Gasteiger partial charge in [-0.3, -0.25) is 0 Å². The molecule has 0 amide bonds. The molecule has 0 fully saturated rings. The van der Waals surface area contributed by atoms with Crippen LogP contribution in [-0.4, -0.2) is 23.3 Å². The highest BCUT2D eigenvalue weighted by Gasteiger charge is 2.14. The summed E-state index contributed by atoms with van der Waals surface area (Å²) in [7, 11) is 1.85. The van der Waals surface area contributed by atoms with E-state index in [0.717, 1.165) is 6.42 Å². The first kappa shape index (κ1) is 12.0. The number of rotatable bonds is 6. The number of nitrogens with zero attached hydrogens (tertiary/aromatic N) is 2. The molecule has 1 rings (SSSR count). The molecule has 1 aromatic heterocycles. The first-order chi connectivity index (χ1) is 7.17. The summed E-state index contributed by atoms with van der Waals surface area (Å²) in [6, 6.07) is 0.897. The Morgan fingerprint density at radius 1 is 1.33 bits per heavy atom. The summed E-state index contributed by atoms with van der Waals surface area (Å²) in [5.41, 5.74) is 0. The van der Waals surface area contributed by atoms with Crippen LogP contribution in [-0.2, 0) is 6.54 Å². The fourth-order valence-corrected chi connectivity index (χ4v) is 1.43. The first-order valence-corrected chi connectivity index (χ1v) is 5.40. The molecule has 0 spiro atoms. The summed E-state index contributed by atoms with van der Waals surface area (Å²) >= 11 is 0. The SMILES string of the molecule is CCC(Nc1nnc(CNC)o1)C(C)C. The predicted octanol–water partition coefficient (Wildman–Crippen LogP) is 1.64. The summed E-state index contributed by atoms with van der Waals surface area (Å²) in [6.07, 6.45) is 1.04. The van der Waals surface area contributed by atoms with Crippen LogP contribution < -0.4 is 10.6 Å². The Morgan fingerprint density at radius 2 is 2.07 bits per heavy atom. The highest BCUT2D eigenvalue weighted by Crippen LogP contribution is 2.13. The monoisotopic (exact) mass is 212 g/mol.